The lowest BCUT2D eigenvalue weighted by molar-refractivity contribution is -0.118. The zero-order chi connectivity index (χ0) is 18.5. The molecule has 1 aliphatic heterocycles. The summed E-state index contributed by atoms with van der Waals surface area (Å²) < 4.78 is 10.8. The predicted molar refractivity (Wildman–Crippen MR) is 105 cm³/mol. The maximum absolute atomic E-state index is 12.1. The first-order chi connectivity index (χ1) is 12.5. The Kier molecular flexibility index (Phi) is 6.48. The third kappa shape index (κ3) is 4.95. The van der Waals surface area contributed by atoms with Crippen molar-refractivity contribution in [2.45, 2.75) is 0 Å². The van der Waals surface area contributed by atoms with E-state index in [0.717, 1.165) is 18.8 Å². The highest BCUT2D eigenvalue weighted by Crippen LogP contribution is 2.30. The number of ether oxygens (including phenoxy) is 2. The van der Waals surface area contributed by atoms with Gasteiger partial charge in [0, 0.05) is 23.8 Å². The van der Waals surface area contributed by atoms with Gasteiger partial charge in [-0.25, -0.2) is 0 Å². The minimum Gasteiger partial charge on any atom is -0.482 e. The lowest BCUT2D eigenvalue weighted by Gasteiger charge is -2.29. The Morgan fingerprint density at radius 1 is 1.08 bits per heavy atom. The van der Waals surface area contributed by atoms with Crippen LogP contribution in [0.4, 0.5) is 11.4 Å². The molecule has 138 valence electrons. The molecule has 26 heavy (non-hydrogen) atoms. The summed E-state index contributed by atoms with van der Waals surface area (Å²) in [6, 6.07) is 10.2. The molecule has 0 saturated carbocycles. The smallest absolute Gasteiger partial charge is 0.262 e. The molecule has 0 unspecified atom stereocenters. The van der Waals surface area contributed by atoms with E-state index >= 15 is 0 Å². The fraction of sp³-hybridized carbons (Fsp3) is 0.278. The topological polar surface area (TPSA) is 50.8 Å². The highest BCUT2D eigenvalue weighted by atomic mass is 35.5. The van der Waals surface area contributed by atoms with Crippen LogP contribution in [-0.4, -0.2) is 38.8 Å². The minimum atomic E-state index is -0.314. The minimum absolute atomic E-state index is 0.176. The van der Waals surface area contributed by atoms with Gasteiger partial charge in [0.2, 0.25) is 0 Å². The molecule has 2 aromatic carbocycles. The molecule has 2 aromatic rings. The van der Waals surface area contributed by atoms with Crippen LogP contribution in [0.1, 0.15) is 0 Å². The van der Waals surface area contributed by atoms with Gasteiger partial charge in [0.1, 0.15) is 5.75 Å². The summed E-state index contributed by atoms with van der Waals surface area (Å²) in [7, 11) is 0. The lowest BCUT2D eigenvalue weighted by atomic mass is 10.2. The Hall–Kier alpha value is -1.66. The number of hydrogen-bond donors (Lipinski definition) is 1. The molecule has 1 aliphatic rings. The quantitative estimate of drug-likeness (QED) is 0.781. The molecule has 0 aliphatic carbocycles. The molecule has 1 amide bonds. The first kappa shape index (κ1) is 19.1. The lowest BCUT2D eigenvalue weighted by Crippen LogP contribution is -2.36. The number of hydrogen-bond acceptors (Lipinski definition) is 4. The molecule has 1 saturated heterocycles. The van der Waals surface area contributed by atoms with Crippen molar-refractivity contribution in [3.8, 4) is 5.75 Å². The van der Waals surface area contributed by atoms with Gasteiger partial charge in [-0.3, -0.25) is 4.79 Å². The monoisotopic (exact) mass is 414 g/mol. The van der Waals surface area contributed by atoms with Crippen LogP contribution in [-0.2, 0) is 9.53 Å². The predicted octanol–water partition coefficient (Wildman–Crippen LogP) is 4.50. The standard InChI is InChI=1S/C18H17Cl3N2O3/c19-12-1-4-17(15(21)9-12)26-11-18(24)22-13-2-3-16(14(20)10-13)23-5-7-25-8-6-23/h1-4,9-10H,5-8,11H2,(H,22,24). The summed E-state index contributed by atoms with van der Waals surface area (Å²) in [5.41, 5.74) is 1.53. The molecule has 0 bridgehead atoms. The van der Waals surface area contributed by atoms with Gasteiger partial charge in [0.25, 0.3) is 5.91 Å². The number of nitrogens with zero attached hydrogens (tertiary/aromatic N) is 1. The summed E-state index contributed by atoms with van der Waals surface area (Å²) in [6.07, 6.45) is 0. The second-order valence-corrected chi connectivity index (χ2v) is 6.93. The molecule has 0 atom stereocenters. The van der Waals surface area contributed by atoms with E-state index in [1.807, 2.05) is 12.1 Å². The third-order valence-corrected chi connectivity index (χ3v) is 4.67. The number of rotatable bonds is 5. The first-order valence-corrected chi connectivity index (χ1v) is 9.16. The van der Waals surface area contributed by atoms with Crippen LogP contribution in [0.2, 0.25) is 15.1 Å². The van der Waals surface area contributed by atoms with Crippen molar-refractivity contribution < 1.29 is 14.3 Å². The molecule has 5 nitrogen and oxygen atoms in total. The number of amides is 1. The first-order valence-electron chi connectivity index (χ1n) is 8.03. The highest BCUT2D eigenvalue weighted by molar-refractivity contribution is 6.35. The Morgan fingerprint density at radius 3 is 2.54 bits per heavy atom. The maximum atomic E-state index is 12.1. The van der Waals surface area contributed by atoms with Crippen LogP contribution in [0.25, 0.3) is 0 Å². The van der Waals surface area contributed by atoms with E-state index in [4.69, 9.17) is 44.3 Å². The Morgan fingerprint density at radius 2 is 1.85 bits per heavy atom. The summed E-state index contributed by atoms with van der Waals surface area (Å²) in [5, 5.41) is 4.18. The normalized spacial score (nSPS) is 14.2. The number of benzene rings is 2. The van der Waals surface area contributed by atoms with E-state index in [2.05, 4.69) is 10.2 Å². The Bertz CT molecular complexity index is 795. The molecular formula is C18H17Cl3N2O3. The van der Waals surface area contributed by atoms with Crippen LogP contribution in [0, 0.1) is 0 Å². The van der Waals surface area contributed by atoms with Crippen molar-refractivity contribution in [3.05, 3.63) is 51.5 Å². The third-order valence-electron chi connectivity index (χ3n) is 3.84. The molecule has 0 aromatic heterocycles. The van der Waals surface area contributed by atoms with Crippen LogP contribution >= 0.6 is 34.8 Å². The van der Waals surface area contributed by atoms with Crippen LogP contribution < -0.4 is 15.0 Å². The second kappa shape index (κ2) is 8.82. The number of nitrogens with one attached hydrogen (secondary N) is 1. The van der Waals surface area contributed by atoms with Crippen LogP contribution in [0.3, 0.4) is 0 Å². The zero-order valence-electron chi connectivity index (χ0n) is 13.8. The van der Waals surface area contributed by atoms with Crippen molar-refractivity contribution >= 4 is 52.1 Å². The maximum Gasteiger partial charge on any atom is 0.262 e. The Balaban J connectivity index is 1.57. The molecule has 1 fully saturated rings. The fourth-order valence-electron chi connectivity index (χ4n) is 2.58. The average molecular weight is 416 g/mol. The second-order valence-electron chi connectivity index (χ2n) is 5.68. The van der Waals surface area contributed by atoms with Crippen molar-refractivity contribution in [2.24, 2.45) is 0 Å². The molecule has 8 heteroatoms. The number of carbonyl (C=O) groups excluding carboxylic acids is 1. The van der Waals surface area contributed by atoms with E-state index in [1.165, 1.54) is 0 Å². The molecule has 1 N–H and O–H groups in total. The van der Waals surface area contributed by atoms with Gasteiger partial charge < -0.3 is 19.7 Å². The number of halogens is 3. The molecule has 0 spiro atoms. The SMILES string of the molecule is O=C(COc1ccc(Cl)cc1Cl)Nc1ccc(N2CCOCC2)c(Cl)c1. The van der Waals surface area contributed by atoms with E-state index in [9.17, 15) is 4.79 Å². The Labute approximate surface area is 166 Å². The van der Waals surface area contributed by atoms with Gasteiger partial charge in [-0.15, -0.1) is 0 Å². The average Bonchev–Trinajstić information content (AvgIpc) is 2.62. The van der Waals surface area contributed by atoms with Gasteiger partial charge in [-0.2, -0.15) is 0 Å². The van der Waals surface area contributed by atoms with E-state index in [1.54, 1.807) is 24.3 Å². The summed E-state index contributed by atoms with van der Waals surface area (Å²) >= 11 is 18.2. The summed E-state index contributed by atoms with van der Waals surface area (Å²) in [4.78, 5) is 14.2. The zero-order valence-corrected chi connectivity index (χ0v) is 16.1. The largest absolute Gasteiger partial charge is 0.482 e. The summed E-state index contributed by atoms with van der Waals surface area (Å²) in [6.45, 7) is 2.77. The van der Waals surface area contributed by atoms with Gasteiger partial charge in [0.05, 0.1) is 28.9 Å². The molecule has 3 rings (SSSR count). The van der Waals surface area contributed by atoms with Crippen LogP contribution in [0.5, 0.6) is 5.75 Å². The number of morpholine rings is 1. The van der Waals surface area contributed by atoms with E-state index in [-0.39, 0.29) is 12.5 Å². The van der Waals surface area contributed by atoms with Gasteiger partial charge in [-0.05, 0) is 36.4 Å². The van der Waals surface area contributed by atoms with Gasteiger partial charge in [-0.1, -0.05) is 34.8 Å². The van der Waals surface area contributed by atoms with Crippen molar-refractivity contribution in [1.29, 1.82) is 0 Å². The van der Waals surface area contributed by atoms with Crippen molar-refractivity contribution in [2.75, 3.05) is 43.1 Å². The fourth-order valence-corrected chi connectivity index (χ4v) is 3.34. The highest BCUT2D eigenvalue weighted by Gasteiger charge is 2.15. The van der Waals surface area contributed by atoms with E-state index < -0.39 is 0 Å². The van der Waals surface area contributed by atoms with Gasteiger partial charge in [0.15, 0.2) is 6.61 Å². The molecular weight excluding hydrogens is 399 g/mol. The van der Waals surface area contributed by atoms with Crippen molar-refractivity contribution in [1.82, 2.24) is 0 Å². The van der Waals surface area contributed by atoms with Crippen molar-refractivity contribution in [3.63, 3.8) is 0 Å². The van der Waals surface area contributed by atoms with E-state index in [0.29, 0.717) is 39.7 Å². The summed E-state index contributed by atoms with van der Waals surface area (Å²) in [5.74, 6) is 0.0816. The van der Waals surface area contributed by atoms with Crippen LogP contribution in [0.15, 0.2) is 36.4 Å². The molecule has 1 heterocycles. The number of carbonyl (C=O) groups is 1. The molecule has 0 radical (unpaired) electrons. The van der Waals surface area contributed by atoms with Gasteiger partial charge >= 0.3 is 0 Å². The number of anilines is 2.